The van der Waals surface area contributed by atoms with Crippen LogP contribution in [-0.4, -0.2) is 161 Å². The van der Waals surface area contributed by atoms with E-state index in [9.17, 15) is 22.4 Å². The van der Waals surface area contributed by atoms with Gasteiger partial charge in [-0.15, -0.1) is 0 Å². The van der Waals surface area contributed by atoms with Gasteiger partial charge in [0.25, 0.3) is 0 Å². The Balaban J connectivity index is 0.000000109. The molecule has 0 radical (unpaired) electrons. The number of rotatable bonds is 20. The van der Waals surface area contributed by atoms with Crippen LogP contribution in [0.4, 0.5) is 23.2 Å². The van der Waals surface area contributed by atoms with Gasteiger partial charge in [0.05, 0.1) is 78.1 Å². The minimum Gasteiger partial charge on any atom is -0.337 e. The molecule has 736 valence electrons. The number of carbonyl (C=O) groups is 1. The maximum atomic E-state index is 13.5. The number of benzene rings is 12. The second-order valence-corrected chi connectivity index (χ2v) is 39.6. The highest BCUT2D eigenvalue weighted by molar-refractivity contribution is 6.04. The summed E-state index contributed by atoms with van der Waals surface area (Å²) in [7, 11) is 4.09. The van der Waals surface area contributed by atoms with Crippen molar-refractivity contribution in [3.63, 3.8) is 0 Å². The molecule has 0 spiro atoms. The van der Waals surface area contributed by atoms with Gasteiger partial charge in [0.15, 0.2) is 23.3 Å². The average Bonchev–Trinajstić information content (AvgIpc) is 1.62. The van der Waals surface area contributed by atoms with E-state index in [1.54, 1.807) is 60.9 Å². The fourth-order valence-electron chi connectivity index (χ4n) is 20.0. The lowest BCUT2D eigenvalue weighted by atomic mass is 9.92. The molecule has 29 heteroatoms. The summed E-state index contributed by atoms with van der Waals surface area (Å²) in [5.74, 6) is 1.60. The van der Waals surface area contributed by atoms with Crippen LogP contribution in [0.1, 0.15) is 76.0 Å². The summed E-state index contributed by atoms with van der Waals surface area (Å²) in [6.07, 6.45) is 21.9. The summed E-state index contributed by atoms with van der Waals surface area (Å²) in [6.45, 7) is 13.5. The van der Waals surface area contributed by atoms with E-state index in [0.29, 0.717) is 41.1 Å². The molecule has 1 amide bonds. The fraction of sp³-hybridized carbons (Fsp3) is 0.158. The minimum atomic E-state index is -0.277. The van der Waals surface area contributed by atoms with Gasteiger partial charge in [-0.3, -0.25) is 54.9 Å². The number of nitrogens with one attached hydrogen (secondary N) is 9. The number of aromatic amines is 8. The number of fused-ring (bicyclic) bond motifs is 8. The van der Waals surface area contributed by atoms with E-state index in [1.165, 1.54) is 91.8 Å². The van der Waals surface area contributed by atoms with E-state index in [0.717, 1.165) is 245 Å². The van der Waals surface area contributed by atoms with Crippen molar-refractivity contribution in [2.45, 2.75) is 78.9 Å². The van der Waals surface area contributed by atoms with Gasteiger partial charge in [-0.05, 0) is 278 Å². The lowest BCUT2D eigenvalue weighted by Gasteiger charge is -2.26. The number of nitrogens with zero attached hydrogens (tertiary/aromatic N) is 15. The molecule has 2 fully saturated rings. The number of hydrogen-bond donors (Lipinski definition) is 9. The number of likely N-dealkylation sites (tertiary alicyclic amines) is 2. The Hall–Kier alpha value is -17.9. The van der Waals surface area contributed by atoms with Crippen LogP contribution in [0.5, 0.6) is 0 Å². The second kappa shape index (κ2) is 40.9. The van der Waals surface area contributed by atoms with Gasteiger partial charge in [-0.2, -0.15) is 20.4 Å². The molecular formula is C120H102F4N24O. The van der Waals surface area contributed by atoms with Crippen molar-refractivity contribution >= 4 is 99.3 Å². The Morgan fingerprint density at radius 3 is 0.906 bits per heavy atom. The standard InChI is InChI=1S/C31H27FN6O.C31H27FN6.C30H25FN6.C28H23FN6/c1-31(2,3)15-27(39)34-22-13-20(16-33-17-22)19-9-12-25-24(14-19)29(38-37-25)30-35-26-6-4-5-23(28(26)36-30)18-7-10-21(32)11-8-18;32-24-10-7-21(8-11-24)25-5-4-6-28-29(25)35-31(34-28)30-26-16-22(9-12-27(26)36-37-30)23-15-20(17-33-18-23)19-38-13-2-1-3-14-38;31-23-9-6-20(7-10-23)24-4-3-5-27-28(24)34-30(33-27)29-25-15-21(8-11-26(25)35-36-29)22-14-19(16-32-17-22)18-37-12-1-2-13-37;1-35(2)16-17-12-20(15-30-14-17)19-8-11-24-23(13-19)27(34-33-24)28-31-25-5-3-4-22(26(25)32-28)18-6-9-21(29)10-7-18/h4-14,16-17H,15H2,1-3H3,(H,34,39)(H,35,36)(H,37,38);4-12,15-18H,1-3,13-14,19H2,(H,34,35)(H,36,37);3-11,14-17H,1-2,12-13,18H2,(H,33,34)(H,35,36);3-15H,16H2,1-2H3,(H,31,32)(H,33,34). The third-order valence-electron chi connectivity index (χ3n) is 27.2. The SMILES string of the molecule is CC(C)(C)CC(=O)Nc1cncc(-c2ccc3[nH]nc(-c4nc5c(-c6ccc(F)cc6)cccc5[nH]4)c3c2)c1.CN(C)Cc1cncc(-c2ccc3[nH]nc(-c4nc5c(-c6ccc(F)cc6)cccc5[nH]4)c3c2)c1.Fc1ccc(-c2cccc3[nH]c(-c4n[nH]c5ccc(-c6cncc(CN7CCCC7)c6)cc45)nc23)cc1.Fc1ccc(-c2cccc3[nH]c(-c4n[nH]c5ccc(-c6cncc(CN7CCCCC7)c6)cc45)nc23)cc1. The first-order chi connectivity index (χ1) is 72.7. The van der Waals surface area contributed by atoms with Crippen molar-refractivity contribution in [1.82, 2.24) is 115 Å². The van der Waals surface area contributed by atoms with Crippen LogP contribution in [0.25, 0.3) is 223 Å². The number of para-hydroxylation sites is 4. The van der Waals surface area contributed by atoms with Crippen LogP contribution in [0, 0.1) is 28.7 Å². The highest BCUT2D eigenvalue weighted by Gasteiger charge is 2.26. The van der Waals surface area contributed by atoms with E-state index in [1.807, 2.05) is 175 Å². The zero-order chi connectivity index (χ0) is 101. The lowest BCUT2D eigenvalue weighted by molar-refractivity contribution is -0.117. The first kappa shape index (κ1) is 94.6. The Kier molecular flexibility index (Phi) is 26.0. The number of anilines is 1. The van der Waals surface area contributed by atoms with E-state index < -0.39 is 0 Å². The van der Waals surface area contributed by atoms with Crippen LogP contribution in [0.3, 0.4) is 0 Å². The van der Waals surface area contributed by atoms with E-state index in [4.69, 9.17) is 19.9 Å². The summed E-state index contributed by atoms with van der Waals surface area (Å²) >= 11 is 0. The molecule has 9 N–H and O–H groups in total. The molecule has 0 unspecified atom stereocenters. The normalized spacial score (nSPS) is 13.0. The smallest absolute Gasteiger partial charge is 0.224 e. The first-order valence-corrected chi connectivity index (χ1v) is 49.8. The topological polar surface area (TPSA) is 320 Å². The van der Waals surface area contributed by atoms with Gasteiger partial charge < -0.3 is 30.2 Å². The number of piperidine rings is 1. The molecule has 0 atom stereocenters. The number of halogens is 4. The average molecular weight is 1970 g/mol. The molecule has 12 aromatic carbocycles. The van der Waals surface area contributed by atoms with Gasteiger partial charge in [0, 0.05) is 135 Å². The number of hydrogen-bond acceptors (Lipinski definition) is 16. The maximum absolute atomic E-state index is 13.5. The molecule has 2 aliphatic rings. The highest BCUT2D eigenvalue weighted by atomic mass is 19.1. The van der Waals surface area contributed by atoms with Gasteiger partial charge in [-0.1, -0.05) is 149 Å². The van der Waals surface area contributed by atoms with Crippen LogP contribution in [-0.2, 0) is 24.4 Å². The number of aromatic nitrogens is 20. The third-order valence-corrected chi connectivity index (χ3v) is 27.2. The molecule has 2 saturated heterocycles. The van der Waals surface area contributed by atoms with Crippen molar-refractivity contribution in [1.29, 1.82) is 0 Å². The molecule has 0 saturated carbocycles. The number of H-pyrrole nitrogens is 8. The van der Waals surface area contributed by atoms with Crippen LogP contribution >= 0.6 is 0 Å². The number of imidazole rings is 4. The van der Waals surface area contributed by atoms with Crippen molar-refractivity contribution in [3.8, 4) is 135 Å². The predicted octanol–water partition coefficient (Wildman–Crippen LogP) is 26.9. The highest BCUT2D eigenvalue weighted by Crippen LogP contribution is 2.42. The number of amides is 1. The van der Waals surface area contributed by atoms with E-state index in [2.05, 4.69) is 167 Å². The molecule has 25 nitrogen and oxygen atoms in total. The Labute approximate surface area is 853 Å². The molecular weight excluding hydrogens is 1870 g/mol. The van der Waals surface area contributed by atoms with Gasteiger partial charge in [0.2, 0.25) is 5.91 Å². The molecule has 14 heterocycles. The maximum Gasteiger partial charge on any atom is 0.224 e. The Bertz CT molecular complexity index is 9050. The summed E-state index contributed by atoms with van der Waals surface area (Å²) < 4.78 is 53.9. The summed E-state index contributed by atoms with van der Waals surface area (Å²) in [4.78, 5) is 70.8. The molecule has 2 aliphatic heterocycles. The van der Waals surface area contributed by atoms with Gasteiger partial charge >= 0.3 is 0 Å². The fourth-order valence-corrected chi connectivity index (χ4v) is 20.0. The first-order valence-electron chi connectivity index (χ1n) is 49.8. The van der Waals surface area contributed by atoms with Gasteiger partial charge in [-0.25, -0.2) is 37.5 Å². The van der Waals surface area contributed by atoms with Crippen LogP contribution < -0.4 is 5.32 Å². The lowest BCUT2D eigenvalue weighted by Crippen LogP contribution is -2.29. The molecule has 0 aliphatic carbocycles. The zero-order valence-electron chi connectivity index (χ0n) is 82.3. The Morgan fingerprint density at radius 2 is 0.597 bits per heavy atom. The number of carbonyl (C=O) groups excluding carboxylic acids is 1. The van der Waals surface area contributed by atoms with E-state index in [-0.39, 0.29) is 34.6 Å². The quantitative estimate of drug-likeness (QED) is 0.0320. The van der Waals surface area contributed by atoms with Crippen molar-refractivity contribution < 1.29 is 22.4 Å². The van der Waals surface area contributed by atoms with Crippen LogP contribution in [0.2, 0.25) is 0 Å². The predicted molar refractivity (Wildman–Crippen MR) is 583 cm³/mol. The zero-order valence-corrected chi connectivity index (χ0v) is 82.3. The van der Waals surface area contributed by atoms with Crippen molar-refractivity contribution in [2.75, 3.05) is 45.6 Å². The number of pyridine rings is 4. The molecule has 149 heavy (non-hydrogen) atoms. The minimum absolute atomic E-state index is 0.0427. The molecule has 12 aromatic heterocycles. The van der Waals surface area contributed by atoms with Crippen molar-refractivity contribution in [3.05, 3.63) is 356 Å². The van der Waals surface area contributed by atoms with Crippen molar-refractivity contribution in [2.24, 2.45) is 5.41 Å². The summed E-state index contributed by atoms with van der Waals surface area (Å²) in [5, 5.41) is 37.7. The molecule has 26 rings (SSSR count). The van der Waals surface area contributed by atoms with Gasteiger partial charge in [0.1, 0.15) is 46.0 Å². The third kappa shape index (κ3) is 20.6. The molecule has 0 bridgehead atoms. The summed E-state index contributed by atoms with van der Waals surface area (Å²) in [5.41, 5.74) is 33.4. The Morgan fingerprint density at radius 1 is 0.315 bits per heavy atom. The molecule has 24 aromatic rings. The monoisotopic (exact) mass is 1970 g/mol. The summed E-state index contributed by atoms with van der Waals surface area (Å²) in [6, 6.07) is 83.1. The second-order valence-electron chi connectivity index (χ2n) is 39.6. The van der Waals surface area contributed by atoms with Crippen LogP contribution in [0.15, 0.2) is 316 Å². The largest absolute Gasteiger partial charge is 0.337 e. The van der Waals surface area contributed by atoms with E-state index >= 15 is 0 Å².